The lowest BCUT2D eigenvalue weighted by atomic mass is 10.2. The van der Waals surface area contributed by atoms with E-state index in [1.165, 1.54) is 10.9 Å². The zero-order valence-corrected chi connectivity index (χ0v) is 10.8. The van der Waals surface area contributed by atoms with Crippen molar-refractivity contribution in [2.75, 3.05) is 6.61 Å². The van der Waals surface area contributed by atoms with Crippen LogP contribution in [0.4, 0.5) is 0 Å². The number of fused-ring (bicyclic) bond motifs is 1. The standard InChI is InChI=1S/C11H11ClN2O2S/c1-2-16-6-14-5-13-7-3-4-8(17)10(12)9(7)11(14)15/h3-5,17H,2,6H2,1H3. The third-order valence-electron chi connectivity index (χ3n) is 2.35. The Labute approximate surface area is 109 Å². The van der Waals surface area contributed by atoms with E-state index in [0.29, 0.717) is 27.4 Å². The van der Waals surface area contributed by atoms with Gasteiger partial charge in [-0.3, -0.25) is 9.36 Å². The van der Waals surface area contributed by atoms with Gasteiger partial charge in [0.15, 0.2) is 0 Å². The van der Waals surface area contributed by atoms with E-state index in [4.69, 9.17) is 16.3 Å². The van der Waals surface area contributed by atoms with Crippen molar-refractivity contribution in [3.05, 3.63) is 33.8 Å². The van der Waals surface area contributed by atoms with Crippen LogP contribution in [0.1, 0.15) is 6.92 Å². The highest BCUT2D eigenvalue weighted by molar-refractivity contribution is 7.80. The van der Waals surface area contributed by atoms with Gasteiger partial charge in [0.2, 0.25) is 0 Å². The number of benzene rings is 1. The number of aromatic nitrogens is 2. The molecule has 90 valence electrons. The predicted molar refractivity (Wildman–Crippen MR) is 69.9 cm³/mol. The lowest BCUT2D eigenvalue weighted by Crippen LogP contribution is -2.22. The highest BCUT2D eigenvalue weighted by Gasteiger charge is 2.10. The molecule has 0 aliphatic carbocycles. The maximum atomic E-state index is 12.1. The molecular weight excluding hydrogens is 260 g/mol. The monoisotopic (exact) mass is 270 g/mol. The average Bonchev–Trinajstić information content (AvgIpc) is 2.33. The van der Waals surface area contributed by atoms with Gasteiger partial charge in [-0.05, 0) is 19.1 Å². The SMILES string of the molecule is CCOCn1cnc2ccc(S)c(Cl)c2c1=O. The van der Waals surface area contributed by atoms with Crippen molar-refractivity contribution < 1.29 is 4.74 Å². The Kier molecular flexibility index (Phi) is 3.71. The number of halogens is 1. The topological polar surface area (TPSA) is 44.1 Å². The second-order valence-electron chi connectivity index (χ2n) is 3.43. The van der Waals surface area contributed by atoms with Gasteiger partial charge < -0.3 is 4.74 Å². The molecule has 17 heavy (non-hydrogen) atoms. The van der Waals surface area contributed by atoms with Gasteiger partial charge >= 0.3 is 0 Å². The molecule has 0 bridgehead atoms. The number of ether oxygens (including phenoxy) is 1. The summed E-state index contributed by atoms with van der Waals surface area (Å²) >= 11 is 10.3. The van der Waals surface area contributed by atoms with Crippen molar-refractivity contribution in [1.82, 2.24) is 9.55 Å². The van der Waals surface area contributed by atoms with E-state index in [2.05, 4.69) is 17.6 Å². The Morgan fingerprint density at radius 3 is 3.00 bits per heavy atom. The van der Waals surface area contributed by atoms with E-state index in [1.54, 1.807) is 12.1 Å². The fraction of sp³-hybridized carbons (Fsp3) is 0.273. The normalized spacial score (nSPS) is 11.0. The van der Waals surface area contributed by atoms with Crippen LogP contribution in [0.3, 0.4) is 0 Å². The lowest BCUT2D eigenvalue weighted by molar-refractivity contribution is 0.0850. The number of nitrogens with zero attached hydrogens (tertiary/aromatic N) is 2. The van der Waals surface area contributed by atoms with Crippen LogP contribution in [0.2, 0.25) is 5.02 Å². The molecule has 0 spiro atoms. The minimum atomic E-state index is -0.218. The Balaban J connectivity index is 2.65. The van der Waals surface area contributed by atoms with Gasteiger partial charge in [0.05, 0.1) is 15.9 Å². The number of thiol groups is 1. The summed E-state index contributed by atoms with van der Waals surface area (Å²) in [6.45, 7) is 2.56. The van der Waals surface area contributed by atoms with Crippen LogP contribution in [-0.4, -0.2) is 16.2 Å². The zero-order valence-electron chi connectivity index (χ0n) is 9.18. The number of hydrogen-bond donors (Lipinski definition) is 1. The highest BCUT2D eigenvalue weighted by atomic mass is 35.5. The van der Waals surface area contributed by atoms with Gasteiger partial charge in [-0.25, -0.2) is 4.98 Å². The first-order valence-corrected chi connectivity index (χ1v) is 5.92. The highest BCUT2D eigenvalue weighted by Crippen LogP contribution is 2.25. The summed E-state index contributed by atoms with van der Waals surface area (Å²) in [5.74, 6) is 0. The predicted octanol–water partition coefficient (Wildman–Crippen LogP) is 2.33. The first kappa shape index (κ1) is 12.4. The average molecular weight is 271 g/mol. The fourth-order valence-electron chi connectivity index (χ4n) is 1.48. The van der Waals surface area contributed by atoms with Crippen LogP contribution in [0.25, 0.3) is 10.9 Å². The molecule has 1 aromatic heterocycles. The van der Waals surface area contributed by atoms with E-state index in [1.807, 2.05) is 6.92 Å². The zero-order chi connectivity index (χ0) is 12.4. The Bertz CT molecular complexity index is 612. The maximum Gasteiger partial charge on any atom is 0.264 e. The molecule has 0 unspecified atom stereocenters. The fourth-order valence-corrected chi connectivity index (χ4v) is 1.90. The quantitative estimate of drug-likeness (QED) is 0.871. The van der Waals surface area contributed by atoms with E-state index in [-0.39, 0.29) is 12.3 Å². The Morgan fingerprint density at radius 2 is 2.29 bits per heavy atom. The summed E-state index contributed by atoms with van der Waals surface area (Å²) in [6, 6.07) is 3.43. The molecule has 0 radical (unpaired) electrons. The molecule has 0 aliphatic rings. The van der Waals surface area contributed by atoms with Crippen LogP contribution in [0, 0.1) is 0 Å². The van der Waals surface area contributed by atoms with Crippen molar-refractivity contribution in [3.63, 3.8) is 0 Å². The van der Waals surface area contributed by atoms with E-state index >= 15 is 0 Å². The molecule has 0 atom stereocenters. The maximum absolute atomic E-state index is 12.1. The van der Waals surface area contributed by atoms with Crippen molar-refractivity contribution >= 4 is 35.1 Å². The minimum Gasteiger partial charge on any atom is -0.361 e. The van der Waals surface area contributed by atoms with Gasteiger partial charge in [0, 0.05) is 11.5 Å². The summed E-state index contributed by atoms with van der Waals surface area (Å²) in [5.41, 5.74) is 0.342. The first-order chi connectivity index (χ1) is 8.15. The smallest absolute Gasteiger partial charge is 0.264 e. The lowest BCUT2D eigenvalue weighted by Gasteiger charge is -2.07. The molecule has 0 fully saturated rings. The van der Waals surface area contributed by atoms with Crippen LogP contribution in [-0.2, 0) is 11.5 Å². The summed E-state index contributed by atoms with van der Waals surface area (Å²) in [4.78, 5) is 16.9. The van der Waals surface area contributed by atoms with Crippen LogP contribution >= 0.6 is 24.2 Å². The number of rotatable bonds is 3. The number of hydrogen-bond acceptors (Lipinski definition) is 4. The summed E-state index contributed by atoms with van der Waals surface area (Å²) in [6.07, 6.45) is 1.45. The molecule has 2 aromatic rings. The van der Waals surface area contributed by atoms with E-state index < -0.39 is 0 Å². The van der Waals surface area contributed by atoms with Crippen LogP contribution in [0.15, 0.2) is 28.2 Å². The van der Waals surface area contributed by atoms with Crippen molar-refractivity contribution in [2.24, 2.45) is 0 Å². The second kappa shape index (κ2) is 5.08. The molecule has 1 heterocycles. The Morgan fingerprint density at radius 1 is 1.53 bits per heavy atom. The van der Waals surface area contributed by atoms with Crippen molar-refractivity contribution in [3.8, 4) is 0 Å². The van der Waals surface area contributed by atoms with Crippen LogP contribution in [0.5, 0.6) is 0 Å². The molecule has 2 rings (SSSR count). The molecule has 0 N–H and O–H groups in total. The summed E-state index contributed by atoms with van der Waals surface area (Å²) < 4.78 is 6.56. The second-order valence-corrected chi connectivity index (χ2v) is 4.29. The van der Waals surface area contributed by atoms with Gasteiger partial charge in [0.1, 0.15) is 13.1 Å². The summed E-state index contributed by atoms with van der Waals surface area (Å²) in [7, 11) is 0. The molecule has 0 amide bonds. The minimum absolute atomic E-state index is 0.172. The molecule has 0 saturated heterocycles. The third kappa shape index (κ3) is 2.31. The Hall–Kier alpha value is -1.04. The van der Waals surface area contributed by atoms with Crippen molar-refractivity contribution in [2.45, 2.75) is 18.6 Å². The van der Waals surface area contributed by atoms with E-state index in [0.717, 1.165) is 0 Å². The molecule has 0 aliphatic heterocycles. The van der Waals surface area contributed by atoms with E-state index in [9.17, 15) is 4.79 Å². The summed E-state index contributed by atoms with van der Waals surface area (Å²) in [5, 5.41) is 0.704. The van der Waals surface area contributed by atoms with Gasteiger partial charge in [0.25, 0.3) is 5.56 Å². The van der Waals surface area contributed by atoms with Gasteiger partial charge in [-0.15, -0.1) is 12.6 Å². The molecule has 0 saturated carbocycles. The van der Waals surface area contributed by atoms with Gasteiger partial charge in [-0.2, -0.15) is 0 Å². The van der Waals surface area contributed by atoms with Gasteiger partial charge in [-0.1, -0.05) is 11.6 Å². The van der Waals surface area contributed by atoms with Crippen molar-refractivity contribution in [1.29, 1.82) is 0 Å². The third-order valence-corrected chi connectivity index (χ3v) is 3.24. The largest absolute Gasteiger partial charge is 0.361 e. The molecule has 6 heteroatoms. The molecule has 1 aromatic carbocycles. The first-order valence-electron chi connectivity index (χ1n) is 5.09. The molecule has 4 nitrogen and oxygen atoms in total. The van der Waals surface area contributed by atoms with Crippen LogP contribution < -0.4 is 5.56 Å². The molecular formula is C11H11ClN2O2S.